The van der Waals surface area contributed by atoms with Crippen molar-refractivity contribution in [3.8, 4) is 0 Å². The average molecular weight is 305 g/mol. The van der Waals surface area contributed by atoms with Gasteiger partial charge in [-0.2, -0.15) is 4.31 Å². The van der Waals surface area contributed by atoms with Crippen molar-refractivity contribution >= 4 is 15.9 Å². The molecule has 1 atom stereocenters. The zero-order valence-electron chi connectivity index (χ0n) is 11.9. The molecule has 1 N–H and O–H groups in total. The average Bonchev–Trinajstić information content (AvgIpc) is 2.95. The molecule has 1 amide bonds. The Morgan fingerprint density at radius 1 is 1.30 bits per heavy atom. The lowest BCUT2D eigenvalue weighted by atomic mass is 10.2. The van der Waals surface area contributed by atoms with Crippen molar-refractivity contribution in [2.24, 2.45) is 0 Å². The van der Waals surface area contributed by atoms with E-state index in [-0.39, 0.29) is 18.3 Å². The van der Waals surface area contributed by atoms with Crippen LogP contribution in [-0.2, 0) is 19.6 Å². The normalized spacial score (nSPS) is 25.1. The first-order valence-corrected chi connectivity index (χ1v) is 8.65. The molecule has 0 aromatic rings. The zero-order chi connectivity index (χ0) is 14.6. The van der Waals surface area contributed by atoms with Gasteiger partial charge in [-0.05, 0) is 12.8 Å². The van der Waals surface area contributed by atoms with Gasteiger partial charge in [0.2, 0.25) is 15.9 Å². The number of methoxy groups -OCH3 is 1. The fraction of sp³-hybridized carbons (Fsp3) is 0.917. The van der Waals surface area contributed by atoms with E-state index >= 15 is 0 Å². The van der Waals surface area contributed by atoms with Crippen LogP contribution in [0.2, 0.25) is 0 Å². The molecule has 0 bridgehead atoms. The molecule has 1 unspecified atom stereocenters. The van der Waals surface area contributed by atoms with Gasteiger partial charge in [-0.15, -0.1) is 0 Å². The molecule has 8 heteroatoms. The molecule has 2 rings (SSSR count). The van der Waals surface area contributed by atoms with Crippen LogP contribution in [0.1, 0.15) is 12.8 Å². The molecule has 2 heterocycles. The van der Waals surface area contributed by atoms with Crippen LogP contribution >= 0.6 is 0 Å². The van der Waals surface area contributed by atoms with Gasteiger partial charge >= 0.3 is 0 Å². The highest BCUT2D eigenvalue weighted by atomic mass is 32.2. The number of amides is 1. The van der Waals surface area contributed by atoms with Crippen molar-refractivity contribution in [2.45, 2.75) is 18.9 Å². The summed E-state index contributed by atoms with van der Waals surface area (Å²) in [5, 5.41) is 3.19. The molecule has 0 aromatic heterocycles. The third-order valence-electron chi connectivity index (χ3n) is 3.82. The van der Waals surface area contributed by atoms with Crippen LogP contribution < -0.4 is 5.32 Å². The third kappa shape index (κ3) is 3.49. The van der Waals surface area contributed by atoms with Crippen LogP contribution in [0.4, 0.5) is 0 Å². The first kappa shape index (κ1) is 15.7. The van der Waals surface area contributed by atoms with Gasteiger partial charge < -0.3 is 15.0 Å². The van der Waals surface area contributed by atoms with E-state index in [4.69, 9.17) is 4.74 Å². The van der Waals surface area contributed by atoms with Gasteiger partial charge in [0.1, 0.15) is 6.04 Å². The van der Waals surface area contributed by atoms with Crippen molar-refractivity contribution in [3.05, 3.63) is 0 Å². The summed E-state index contributed by atoms with van der Waals surface area (Å²) in [4.78, 5) is 14.3. The summed E-state index contributed by atoms with van der Waals surface area (Å²) >= 11 is 0. The molecule has 0 saturated carbocycles. The number of hydrogen-bond acceptors (Lipinski definition) is 5. The van der Waals surface area contributed by atoms with Gasteiger partial charge in [-0.3, -0.25) is 4.79 Å². The molecular weight excluding hydrogens is 282 g/mol. The number of rotatable bonds is 5. The Morgan fingerprint density at radius 3 is 2.65 bits per heavy atom. The molecule has 2 fully saturated rings. The topological polar surface area (TPSA) is 79.0 Å². The minimum Gasteiger partial charge on any atom is -0.384 e. The van der Waals surface area contributed by atoms with Gasteiger partial charge in [-0.25, -0.2) is 8.42 Å². The maximum Gasteiger partial charge on any atom is 0.241 e. The second-order valence-electron chi connectivity index (χ2n) is 5.15. The van der Waals surface area contributed by atoms with E-state index in [1.807, 2.05) is 0 Å². The summed E-state index contributed by atoms with van der Waals surface area (Å²) in [7, 11) is -1.93. The molecule has 0 radical (unpaired) electrons. The zero-order valence-corrected chi connectivity index (χ0v) is 12.7. The van der Waals surface area contributed by atoms with Crippen LogP contribution in [0.3, 0.4) is 0 Å². The molecule has 0 aromatic carbocycles. The third-order valence-corrected chi connectivity index (χ3v) is 5.65. The van der Waals surface area contributed by atoms with Gasteiger partial charge in [0, 0.05) is 39.8 Å². The molecule has 0 aliphatic carbocycles. The number of ether oxygens (including phenoxy) is 1. The molecular formula is C12H23N3O4S. The molecule has 2 saturated heterocycles. The van der Waals surface area contributed by atoms with Crippen molar-refractivity contribution < 1.29 is 17.9 Å². The van der Waals surface area contributed by atoms with E-state index in [0.717, 1.165) is 19.5 Å². The number of hydrogen-bond donors (Lipinski definition) is 1. The smallest absolute Gasteiger partial charge is 0.241 e. The highest BCUT2D eigenvalue weighted by Crippen LogP contribution is 2.23. The summed E-state index contributed by atoms with van der Waals surface area (Å²) < 4.78 is 30.7. The van der Waals surface area contributed by atoms with E-state index in [9.17, 15) is 13.2 Å². The summed E-state index contributed by atoms with van der Waals surface area (Å²) in [5.74, 6) is -0.112. The maximum absolute atomic E-state index is 12.5. The Bertz CT molecular complexity index is 434. The predicted molar refractivity (Wildman–Crippen MR) is 74.8 cm³/mol. The largest absolute Gasteiger partial charge is 0.384 e. The fourth-order valence-corrected chi connectivity index (χ4v) is 4.32. The molecule has 0 spiro atoms. The Balaban J connectivity index is 2.04. The maximum atomic E-state index is 12.5. The molecule has 116 valence electrons. The monoisotopic (exact) mass is 305 g/mol. The first-order chi connectivity index (χ1) is 9.56. The van der Waals surface area contributed by atoms with Gasteiger partial charge in [0.05, 0.1) is 12.4 Å². The van der Waals surface area contributed by atoms with E-state index in [1.54, 1.807) is 4.90 Å². The number of nitrogens with zero attached hydrogens (tertiary/aromatic N) is 2. The van der Waals surface area contributed by atoms with Crippen molar-refractivity contribution in [3.63, 3.8) is 0 Å². The van der Waals surface area contributed by atoms with Gasteiger partial charge in [0.15, 0.2) is 0 Å². The minimum absolute atomic E-state index is 0.0509. The standard InChI is InChI=1S/C12H23N3O4S/c1-19-9-10-20(17,18)15-6-2-3-11(15)12(16)14-7-4-13-5-8-14/h11,13H,2-10H2,1H3. The SMILES string of the molecule is COCCS(=O)(=O)N1CCCC1C(=O)N1CCNCC1. The lowest BCUT2D eigenvalue weighted by Crippen LogP contribution is -2.53. The van der Waals surface area contributed by atoms with Crippen LogP contribution in [-0.4, -0.2) is 81.8 Å². The van der Waals surface area contributed by atoms with Crippen molar-refractivity contribution in [2.75, 3.05) is 52.2 Å². The summed E-state index contributed by atoms with van der Waals surface area (Å²) in [6.45, 7) is 3.45. The van der Waals surface area contributed by atoms with E-state index < -0.39 is 16.1 Å². The number of sulfonamides is 1. The lowest BCUT2D eigenvalue weighted by Gasteiger charge is -2.32. The van der Waals surface area contributed by atoms with Gasteiger partial charge in [-0.1, -0.05) is 0 Å². The summed E-state index contributed by atoms with van der Waals surface area (Å²) in [6.07, 6.45) is 1.36. The number of nitrogens with one attached hydrogen (secondary N) is 1. The predicted octanol–water partition coefficient (Wildman–Crippen LogP) is -1.14. The first-order valence-electron chi connectivity index (χ1n) is 7.04. The Kier molecular flexibility index (Phi) is 5.36. The Hall–Kier alpha value is -0.700. The molecule has 2 aliphatic heterocycles. The second kappa shape index (κ2) is 6.84. The fourth-order valence-electron chi connectivity index (χ4n) is 2.72. The Morgan fingerprint density at radius 2 is 2.00 bits per heavy atom. The lowest BCUT2D eigenvalue weighted by molar-refractivity contribution is -0.135. The van der Waals surface area contributed by atoms with Gasteiger partial charge in [0.25, 0.3) is 0 Å². The highest BCUT2D eigenvalue weighted by Gasteiger charge is 2.40. The van der Waals surface area contributed by atoms with Crippen molar-refractivity contribution in [1.82, 2.24) is 14.5 Å². The quantitative estimate of drug-likeness (QED) is 0.694. The van der Waals surface area contributed by atoms with Crippen LogP contribution in [0, 0.1) is 0 Å². The molecule has 20 heavy (non-hydrogen) atoms. The number of carbonyl (C=O) groups is 1. The van der Waals surface area contributed by atoms with Crippen LogP contribution in [0.25, 0.3) is 0 Å². The summed E-state index contributed by atoms with van der Waals surface area (Å²) in [6, 6.07) is -0.519. The minimum atomic E-state index is -3.41. The van der Waals surface area contributed by atoms with E-state index in [2.05, 4.69) is 5.32 Å². The van der Waals surface area contributed by atoms with Crippen molar-refractivity contribution in [1.29, 1.82) is 0 Å². The number of carbonyl (C=O) groups excluding carboxylic acids is 1. The van der Waals surface area contributed by atoms with Crippen LogP contribution in [0.15, 0.2) is 0 Å². The van der Waals surface area contributed by atoms with E-state index in [0.29, 0.717) is 26.1 Å². The van der Waals surface area contributed by atoms with E-state index in [1.165, 1.54) is 11.4 Å². The highest BCUT2D eigenvalue weighted by molar-refractivity contribution is 7.89. The number of piperazine rings is 1. The molecule has 2 aliphatic rings. The Labute approximate surface area is 120 Å². The second-order valence-corrected chi connectivity index (χ2v) is 7.19. The van der Waals surface area contributed by atoms with Crippen LogP contribution in [0.5, 0.6) is 0 Å². The molecule has 7 nitrogen and oxygen atoms in total. The summed E-state index contributed by atoms with van der Waals surface area (Å²) in [5.41, 5.74) is 0.